The summed E-state index contributed by atoms with van der Waals surface area (Å²) >= 11 is 0. The molecule has 0 radical (unpaired) electrons. The summed E-state index contributed by atoms with van der Waals surface area (Å²) in [6.45, 7) is 2.23. The lowest BCUT2D eigenvalue weighted by Gasteiger charge is -1.93. The van der Waals surface area contributed by atoms with Gasteiger partial charge in [0.05, 0.1) is 12.2 Å². The Balaban J connectivity index is 1.90. The molecular formula is C18H30O3. The van der Waals surface area contributed by atoms with Crippen molar-refractivity contribution in [2.24, 2.45) is 0 Å². The molecule has 0 aromatic carbocycles. The third-order valence-corrected chi connectivity index (χ3v) is 3.74. The highest BCUT2D eigenvalue weighted by molar-refractivity contribution is 5.66. The Morgan fingerprint density at radius 3 is 2.05 bits per heavy atom. The van der Waals surface area contributed by atoms with Crippen molar-refractivity contribution in [2.45, 2.75) is 83.3 Å². The standard InChI is InChI=1S/C18H30O3/c1-2-3-4-5-7-10-13-16-17(21-16)14-11-8-6-9-12-15-18(19)20/h7-8,10-11,16-17H,2-6,9,12-15H2,1H3,(H,19,20)/b10-7-,11-8-/t16-,17+/m1/s1. The molecule has 1 N–H and O–H groups in total. The number of aliphatic carboxylic acids is 1. The Kier molecular flexibility index (Phi) is 9.88. The molecule has 0 bridgehead atoms. The molecule has 1 rings (SSSR count). The van der Waals surface area contributed by atoms with Crippen LogP contribution in [0.2, 0.25) is 0 Å². The highest BCUT2D eigenvalue weighted by atomic mass is 16.6. The van der Waals surface area contributed by atoms with Gasteiger partial charge in [-0.25, -0.2) is 0 Å². The van der Waals surface area contributed by atoms with Crippen molar-refractivity contribution in [3.05, 3.63) is 24.3 Å². The third-order valence-electron chi connectivity index (χ3n) is 3.74. The Morgan fingerprint density at radius 2 is 1.52 bits per heavy atom. The van der Waals surface area contributed by atoms with Crippen molar-refractivity contribution in [1.29, 1.82) is 0 Å². The fourth-order valence-electron chi connectivity index (χ4n) is 2.34. The van der Waals surface area contributed by atoms with Crippen LogP contribution in [-0.2, 0) is 9.53 Å². The predicted octanol–water partition coefficient (Wildman–Crippen LogP) is 4.87. The molecule has 120 valence electrons. The first-order valence-corrected chi connectivity index (χ1v) is 8.41. The van der Waals surface area contributed by atoms with Crippen LogP contribution in [0.1, 0.15) is 71.1 Å². The third kappa shape index (κ3) is 10.3. The highest BCUT2D eigenvalue weighted by Gasteiger charge is 2.35. The minimum Gasteiger partial charge on any atom is -0.481 e. The van der Waals surface area contributed by atoms with Crippen molar-refractivity contribution in [3.8, 4) is 0 Å². The van der Waals surface area contributed by atoms with Crippen LogP contribution in [0.15, 0.2) is 24.3 Å². The van der Waals surface area contributed by atoms with E-state index in [-0.39, 0.29) is 6.42 Å². The Hall–Kier alpha value is -1.09. The second-order valence-corrected chi connectivity index (χ2v) is 5.76. The maximum atomic E-state index is 10.3. The zero-order valence-electron chi connectivity index (χ0n) is 13.3. The van der Waals surface area contributed by atoms with E-state index in [1.54, 1.807) is 0 Å². The van der Waals surface area contributed by atoms with E-state index >= 15 is 0 Å². The van der Waals surface area contributed by atoms with Crippen molar-refractivity contribution in [2.75, 3.05) is 0 Å². The minimum atomic E-state index is -0.698. The number of rotatable bonds is 13. The summed E-state index contributed by atoms with van der Waals surface area (Å²) in [4.78, 5) is 10.3. The van der Waals surface area contributed by atoms with Crippen molar-refractivity contribution in [1.82, 2.24) is 0 Å². The van der Waals surface area contributed by atoms with Gasteiger partial charge >= 0.3 is 5.97 Å². The second kappa shape index (κ2) is 11.6. The van der Waals surface area contributed by atoms with Crippen molar-refractivity contribution < 1.29 is 14.6 Å². The predicted molar refractivity (Wildman–Crippen MR) is 86.4 cm³/mol. The lowest BCUT2D eigenvalue weighted by atomic mass is 10.1. The minimum absolute atomic E-state index is 0.284. The van der Waals surface area contributed by atoms with Crippen LogP contribution < -0.4 is 0 Å². The first kappa shape index (κ1) is 18.0. The lowest BCUT2D eigenvalue weighted by Crippen LogP contribution is -1.93. The van der Waals surface area contributed by atoms with Gasteiger partial charge in [0.15, 0.2) is 0 Å². The van der Waals surface area contributed by atoms with Crippen LogP contribution >= 0.6 is 0 Å². The monoisotopic (exact) mass is 294 g/mol. The molecule has 0 aromatic heterocycles. The van der Waals surface area contributed by atoms with Crippen LogP contribution in [-0.4, -0.2) is 23.3 Å². The van der Waals surface area contributed by atoms with Gasteiger partial charge in [0, 0.05) is 6.42 Å². The van der Waals surface area contributed by atoms with E-state index in [4.69, 9.17) is 9.84 Å². The molecule has 1 aliphatic rings. The molecule has 0 unspecified atom stereocenters. The van der Waals surface area contributed by atoms with Crippen LogP contribution in [0.25, 0.3) is 0 Å². The number of allylic oxidation sites excluding steroid dienone is 2. The molecule has 1 saturated heterocycles. The van der Waals surface area contributed by atoms with Gasteiger partial charge in [-0.2, -0.15) is 0 Å². The Bertz CT molecular complexity index is 333. The van der Waals surface area contributed by atoms with Gasteiger partial charge in [0.25, 0.3) is 0 Å². The highest BCUT2D eigenvalue weighted by Crippen LogP contribution is 2.29. The van der Waals surface area contributed by atoms with E-state index < -0.39 is 5.97 Å². The summed E-state index contributed by atoms with van der Waals surface area (Å²) in [5.41, 5.74) is 0. The maximum Gasteiger partial charge on any atom is 0.303 e. The van der Waals surface area contributed by atoms with Gasteiger partial charge in [0.1, 0.15) is 0 Å². The average molecular weight is 294 g/mol. The molecule has 21 heavy (non-hydrogen) atoms. The van der Waals surface area contributed by atoms with E-state index in [0.29, 0.717) is 12.2 Å². The van der Waals surface area contributed by atoms with Gasteiger partial charge in [-0.1, -0.05) is 44.1 Å². The molecule has 0 aromatic rings. The Labute approximate surface area is 129 Å². The first-order valence-electron chi connectivity index (χ1n) is 8.41. The number of carboxylic acid groups (broad SMARTS) is 1. The number of epoxide rings is 1. The van der Waals surface area contributed by atoms with Gasteiger partial charge in [0.2, 0.25) is 0 Å². The molecular weight excluding hydrogens is 264 g/mol. The molecule has 1 aliphatic heterocycles. The molecule has 1 fully saturated rings. The van der Waals surface area contributed by atoms with Gasteiger partial charge < -0.3 is 9.84 Å². The van der Waals surface area contributed by atoms with E-state index in [2.05, 4.69) is 31.2 Å². The number of carboxylic acids is 1. The molecule has 3 nitrogen and oxygen atoms in total. The fraction of sp³-hybridized carbons (Fsp3) is 0.722. The van der Waals surface area contributed by atoms with E-state index in [1.807, 2.05) is 0 Å². The number of ether oxygens (including phenoxy) is 1. The van der Waals surface area contributed by atoms with Crippen molar-refractivity contribution >= 4 is 5.97 Å². The van der Waals surface area contributed by atoms with Crippen LogP contribution in [0, 0.1) is 0 Å². The fourth-order valence-corrected chi connectivity index (χ4v) is 2.34. The van der Waals surface area contributed by atoms with E-state index in [0.717, 1.165) is 32.1 Å². The summed E-state index contributed by atoms with van der Waals surface area (Å²) in [5.74, 6) is -0.698. The van der Waals surface area contributed by atoms with Gasteiger partial charge in [-0.15, -0.1) is 0 Å². The molecule has 2 atom stereocenters. The van der Waals surface area contributed by atoms with Gasteiger partial charge in [-0.05, 0) is 44.9 Å². The lowest BCUT2D eigenvalue weighted by molar-refractivity contribution is -0.137. The Morgan fingerprint density at radius 1 is 0.952 bits per heavy atom. The summed E-state index contributed by atoms with van der Waals surface area (Å²) in [7, 11) is 0. The van der Waals surface area contributed by atoms with E-state index in [1.165, 1.54) is 25.7 Å². The SMILES string of the molecule is CCCCC/C=C\C[C@H]1O[C@H]1C/C=C\CCCCC(=O)O. The molecule has 0 saturated carbocycles. The quantitative estimate of drug-likeness (QED) is 0.299. The van der Waals surface area contributed by atoms with Crippen LogP contribution in [0.5, 0.6) is 0 Å². The molecule has 0 spiro atoms. The summed E-state index contributed by atoms with van der Waals surface area (Å²) in [6.07, 6.45) is 19.8. The zero-order chi connectivity index (χ0) is 15.3. The molecule has 0 aliphatic carbocycles. The smallest absolute Gasteiger partial charge is 0.303 e. The zero-order valence-corrected chi connectivity index (χ0v) is 13.3. The normalized spacial score (nSPS) is 21.4. The molecule has 1 heterocycles. The van der Waals surface area contributed by atoms with Crippen LogP contribution in [0.3, 0.4) is 0 Å². The molecule has 0 amide bonds. The first-order chi connectivity index (χ1) is 10.2. The second-order valence-electron chi connectivity index (χ2n) is 5.76. The number of hydrogen-bond donors (Lipinski definition) is 1. The summed E-state index contributed by atoms with van der Waals surface area (Å²) < 4.78 is 5.62. The van der Waals surface area contributed by atoms with E-state index in [9.17, 15) is 4.79 Å². The topological polar surface area (TPSA) is 49.8 Å². The molecule has 3 heteroatoms. The number of carbonyl (C=O) groups is 1. The summed E-state index contributed by atoms with van der Waals surface area (Å²) in [5, 5.41) is 8.52. The maximum absolute atomic E-state index is 10.3. The van der Waals surface area contributed by atoms with Crippen molar-refractivity contribution in [3.63, 3.8) is 0 Å². The average Bonchev–Trinajstić information content (AvgIpc) is 3.20. The largest absolute Gasteiger partial charge is 0.481 e. The van der Waals surface area contributed by atoms with Crippen LogP contribution in [0.4, 0.5) is 0 Å². The number of unbranched alkanes of at least 4 members (excludes halogenated alkanes) is 5. The number of hydrogen-bond acceptors (Lipinski definition) is 2. The van der Waals surface area contributed by atoms with Gasteiger partial charge in [-0.3, -0.25) is 4.79 Å². The summed E-state index contributed by atoms with van der Waals surface area (Å²) in [6, 6.07) is 0.